The number of hydrogen-bond acceptors (Lipinski definition) is 8. The standard InChI is InChI=1S/C23H25N7OS/c1-4-30(10-12-31-11-9-29-8-7-26-16-29)19-5-6-21(17(2)13-19)27-28-23-20(14-24)18(3)22(15-25)32-23/h5-8,13,16H,4,9-12H2,1-3H3. The number of likely N-dealkylation sites (N-methyl/N-ethyl adjacent to an activating group) is 1. The van der Waals surface area contributed by atoms with Crippen LogP contribution >= 0.6 is 11.3 Å². The van der Waals surface area contributed by atoms with Crippen molar-refractivity contribution in [2.75, 3.05) is 31.2 Å². The van der Waals surface area contributed by atoms with E-state index < -0.39 is 0 Å². The van der Waals surface area contributed by atoms with Gasteiger partial charge in [-0.05, 0) is 50.1 Å². The van der Waals surface area contributed by atoms with E-state index in [-0.39, 0.29) is 0 Å². The van der Waals surface area contributed by atoms with E-state index in [4.69, 9.17) is 4.74 Å². The molecule has 0 saturated heterocycles. The monoisotopic (exact) mass is 447 g/mol. The molecule has 0 radical (unpaired) electrons. The van der Waals surface area contributed by atoms with Crippen molar-refractivity contribution >= 4 is 27.7 Å². The second-order valence-electron chi connectivity index (χ2n) is 7.12. The third-order valence-corrected chi connectivity index (χ3v) is 6.16. The fourth-order valence-corrected chi connectivity index (χ4v) is 4.07. The van der Waals surface area contributed by atoms with Crippen molar-refractivity contribution < 1.29 is 4.74 Å². The fraction of sp³-hybridized carbons (Fsp3) is 0.348. The highest BCUT2D eigenvalue weighted by molar-refractivity contribution is 7.16. The van der Waals surface area contributed by atoms with Crippen LogP contribution in [0.1, 0.15) is 28.5 Å². The highest BCUT2D eigenvalue weighted by Gasteiger charge is 2.14. The van der Waals surface area contributed by atoms with Gasteiger partial charge in [-0.3, -0.25) is 0 Å². The first-order valence-corrected chi connectivity index (χ1v) is 11.1. The SMILES string of the molecule is CCN(CCOCCn1ccnc1)c1ccc(N=Nc2sc(C#N)c(C)c2C#N)c(C)c1. The van der Waals surface area contributed by atoms with E-state index in [9.17, 15) is 10.5 Å². The number of imidazole rings is 1. The van der Waals surface area contributed by atoms with Crippen molar-refractivity contribution in [3.8, 4) is 12.1 Å². The van der Waals surface area contributed by atoms with Gasteiger partial charge in [0.2, 0.25) is 0 Å². The Morgan fingerprint density at radius 2 is 2.03 bits per heavy atom. The van der Waals surface area contributed by atoms with Crippen molar-refractivity contribution in [1.29, 1.82) is 10.5 Å². The van der Waals surface area contributed by atoms with Crippen LogP contribution in [-0.2, 0) is 11.3 Å². The van der Waals surface area contributed by atoms with Crippen LogP contribution in [0.5, 0.6) is 0 Å². The Morgan fingerprint density at radius 1 is 1.19 bits per heavy atom. The number of aromatic nitrogens is 2. The number of ether oxygens (including phenoxy) is 1. The summed E-state index contributed by atoms with van der Waals surface area (Å²) in [6, 6.07) is 10.2. The molecule has 0 aliphatic rings. The second kappa shape index (κ2) is 11.2. The van der Waals surface area contributed by atoms with Crippen LogP contribution in [0.25, 0.3) is 0 Å². The summed E-state index contributed by atoms with van der Waals surface area (Å²) < 4.78 is 7.77. The maximum atomic E-state index is 9.36. The molecule has 32 heavy (non-hydrogen) atoms. The quantitative estimate of drug-likeness (QED) is 0.311. The van der Waals surface area contributed by atoms with Crippen molar-refractivity contribution in [3.63, 3.8) is 0 Å². The molecule has 0 amide bonds. The first-order valence-electron chi connectivity index (χ1n) is 10.3. The molecule has 0 saturated carbocycles. The Kier molecular flexibility index (Phi) is 8.09. The zero-order valence-electron chi connectivity index (χ0n) is 18.4. The summed E-state index contributed by atoms with van der Waals surface area (Å²) in [6.07, 6.45) is 5.47. The molecule has 3 aromatic rings. The first-order chi connectivity index (χ1) is 15.6. The Hall–Kier alpha value is -3.53. The van der Waals surface area contributed by atoms with Crippen molar-refractivity contribution in [2.45, 2.75) is 27.3 Å². The normalized spacial score (nSPS) is 10.9. The minimum Gasteiger partial charge on any atom is -0.378 e. The van der Waals surface area contributed by atoms with E-state index in [0.717, 1.165) is 36.6 Å². The van der Waals surface area contributed by atoms with Crippen LogP contribution in [0.3, 0.4) is 0 Å². The van der Waals surface area contributed by atoms with Crippen LogP contribution < -0.4 is 4.90 Å². The topological polar surface area (TPSA) is 103 Å². The van der Waals surface area contributed by atoms with Gasteiger partial charge < -0.3 is 14.2 Å². The van der Waals surface area contributed by atoms with Crippen molar-refractivity contribution in [1.82, 2.24) is 9.55 Å². The minimum absolute atomic E-state index is 0.412. The molecule has 0 unspecified atom stereocenters. The van der Waals surface area contributed by atoms with Gasteiger partial charge in [0.05, 0.1) is 30.8 Å². The number of nitriles is 2. The first kappa shape index (κ1) is 23.1. The van der Waals surface area contributed by atoms with Gasteiger partial charge in [0, 0.05) is 37.7 Å². The molecule has 0 aliphatic heterocycles. The molecular weight excluding hydrogens is 422 g/mol. The molecule has 0 bridgehead atoms. The summed E-state index contributed by atoms with van der Waals surface area (Å²) in [5, 5.41) is 27.6. The maximum Gasteiger partial charge on any atom is 0.158 e. The molecule has 2 heterocycles. The largest absolute Gasteiger partial charge is 0.378 e. The number of rotatable bonds is 10. The highest BCUT2D eigenvalue weighted by Crippen LogP contribution is 2.36. The Labute approximate surface area is 192 Å². The zero-order chi connectivity index (χ0) is 22.9. The Bertz CT molecular complexity index is 1150. The van der Waals surface area contributed by atoms with Crippen LogP contribution in [-0.4, -0.2) is 35.9 Å². The van der Waals surface area contributed by atoms with Gasteiger partial charge in [-0.1, -0.05) is 0 Å². The molecule has 3 rings (SSSR count). The molecule has 0 atom stereocenters. The van der Waals surface area contributed by atoms with E-state index in [1.807, 2.05) is 29.8 Å². The number of anilines is 1. The third-order valence-electron chi connectivity index (χ3n) is 5.08. The van der Waals surface area contributed by atoms with Crippen LogP contribution in [0.4, 0.5) is 16.4 Å². The number of aryl methyl sites for hydroxylation is 1. The minimum atomic E-state index is 0.412. The van der Waals surface area contributed by atoms with Crippen LogP contribution in [0, 0.1) is 36.5 Å². The Morgan fingerprint density at radius 3 is 2.69 bits per heavy atom. The Balaban J connectivity index is 1.61. The number of azo groups is 1. The highest BCUT2D eigenvalue weighted by atomic mass is 32.1. The molecule has 0 fully saturated rings. The lowest BCUT2D eigenvalue weighted by Gasteiger charge is -2.23. The lowest BCUT2D eigenvalue weighted by atomic mass is 10.1. The summed E-state index contributed by atoms with van der Waals surface area (Å²) >= 11 is 1.19. The predicted molar refractivity (Wildman–Crippen MR) is 125 cm³/mol. The van der Waals surface area contributed by atoms with E-state index in [1.165, 1.54) is 11.3 Å². The summed E-state index contributed by atoms with van der Waals surface area (Å²) in [5.74, 6) is 0. The zero-order valence-corrected chi connectivity index (χ0v) is 19.3. The number of thiophene rings is 1. The molecule has 0 N–H and O–H groups in total. The maximum absolute atomic E-state index is 9.36. The molecule has 8 nitrogen and oxygen atoms in total. The third kappa shape index (κ3) is 5.58. The fourth-order valence-electron chi connectivity index (χ4n) is 3.19. The van der Waals surface area contributed by atoms with Gasteiger partial charge in [0.15, 0.2) is 5.00 Å². The smallest absolute Gasteiger partial charge is 0.158 e. The number of hydrogen-bond donors (Lipinski definition) is 0. The summed E-state index contributed by atoms with van der Waals surface area (Å²) in [6.45, 7) is 9.58. The number of benzene rings is 1. The van der Waals surface area contributed by atoms with E-state index in [1.54, 1.807) is 19.4 Å². The molecular formula is C23H25N7OS. The van der Waals surface area contributed by atoms with Gasteiger partial charge in [-0.15, -0.1) is 21.6 Å². The summed E-state index contributed by atoms with van der Waals surface area (Å²) in [4.78, 5) is 6.77. The van der Waals surface area contributed by atoms with Gasteiger partial charge in [0.1, 0.15) is 17.0 Å². The number of nitrogens with zero attached hydrogens (tertiary/aromatic N) is 7. The lowest BCUT2D eigenvalue weighted by molar-refractivity contribution is 0.132. The summed E-state index contributed by atoms with van der Waals surface area (Å²) in [7, 11) is 0. The average Bonchev–Trinajstić information content (AvgIpc) is 3.42. The molecule has 1 aromatic carbocycles. The van der Waals surface area contributed by atoms with Crippen LogP contribution in [0.15, 0.2) is 47.1 Å². The molecule has 2 aromatic heterocycles. The molecule has 9 heteroatoms. The van der Waals surface area contributed by atoms with Gasteiger partial charge in [-0.2, -0.15) is 10.5 Å². The lowest BCUT2D eigenvalue weighted by Crippen LogP contribution is -2.27. The predicted octanol–water partition coefficient (Wildman–Crippen LogP) is 5.26. The summed E-state index contributed by atoms with van der Waals surface area (Å²) in [5.41, 5.74) is 3.88. The van der Waals surface area contributed by atoms with E-state index >= 15 is 0 Å². The molecule has 164 valence electrons. The van der Waals surface area contributed by atoms with Crippen molar-refractivity contribution in [2.24, 2.45) is 10.2 Å². The van der Waals surface area contributed by atoms with Crippen molar-refractivity contribution in [3.05, 3.63) is 58.5 Å². The van der Waals surface area contributed by atoms with Crippen LogP contribution in [0.2, 0.25) is 0 Å². The van der Waals surface area contributed by atoms with Gasteiger partial charge in [-0.25, -0.2) is 4.98 Å². The van der Waals surface area contributed by atoms with E-state index in [2.05, 4.69) is 45.2 Å². The second-order valence-corrected chi connectivity index (χ2v) is 8.12. The van der Waals surface area contributed by atoms with Gasteiger partial charge >= 0.3 is 0 Å². The average molecular weight is 448 g/mol. The van der Waals surface area contributed by atoms with Gasteiger partial charge in [0.25, 0.3) is 0 Å². The molecule has 0 aliphatic carbocycles. The van der Waals surface area contributed by atoms with E-state index in [0.29, 0.717) is 34.2 Å². The molecule has 0 spiro atoms.